The molecular formula is C18H20BrN3O. The number of nitrogens with one attached hydrogen (secondary N) is 1. The van der Waals surface area contributed by atoms with E-state index in [-0.39, 0.29) is 0 Å². The Kier molecular flexibility index (Phi) is 5.18. The first-order valence-electron chi connectivity index (χ1n) is 7.75. The van der Waals surface area contributed by atoms with Crippen molar-refractivity contribution in [3.8, 4) is 5.75 Å². The van der Waals surface area contributed by atoms with Gasteiger partial charge in [-0.05, 0) is 65.2 Å². The van der Waals surface area contributed by atoms with Crippen LogP contribution in [-0.2, 0) is 0 Å². The highest BCUT2D eigenvalue weighted by molar-refractivity contribution is 9.10. The quantitative estimate of drug-likeness (QED) is 0.628. The summed E-state index contributed by atoms with van der Waals surface area (Å²) in [5, 5.41) is 3.45. The molecule has 0 saturated carbocycles. The molecule has 23 heavy (non-hydrogen) atoms. The molecule has 1 aliphatic heterocycles. The monoisotopic (exact) mass is 373 g/mol. The second-order valence-corrected chi connectivity index (χ2v) is 6.29. The minimum absolute atomic E-state index is 0.848. The standard InChI is InChI=1S/C18H20BrN3O/c1-23-15-10-8-14(9-11-15)20-18(22-12-4-5-13-22)21-17-7-3-2-6-16(17)19/h2-3,6-11H,4-5,12-13H2,1H3,(H,20,21). The molecule has 4 nitrogen and oxygen atoms in total. The van der Waals surface area contributed by atoms with Crippen LogP contribution in [0.15, 0.2) is 58.0 Å². The average molecular weight is 374 g/mol. The molecule has 3 rings (SSSR count). The SMILES string of the molecule is COc1ccc(NC(=Nc2ccccc2Br)N2CCCC2)cc1. The first-order valence-corrected chi connectivity index (χ1v) is 8.55. The van der Waals surface area contributed by atoms with Crippen LogP contribution in [0.3, 0.4) is 0 Å². The molecule has 1 heterocycles. The van der Waals surface area contributed by atoms with E-state index in [1.807, 2.05) is 48.5 Å². The van der Waals surface area contributed by atoms with Gasteiger partial charge in [0.1, 0.15) is 5.75 Å². The molecule has 1 fully saturated rings. The Balaban J connectivity index is 1.87. The van der Waals surface area contributed by atoms with Crippen molar-refractivity contribution in [3.63, 3.8) is 0 Å². The number of anilines is 1. The van der Waals surface area contributed by atoms with Crippen LogP contribution in [0.4, 0.5) is 11.4 Å². The van der Waals surface area contributed by atoms with Gasteiger partial charge >= 0.3 is 0 Å². The van der Waals surface area contributed by atoms with Gasteiger partial charge in [0, 0.05) is 23.2 Å². The first kappa shape index (κ1) is 15.9. The molecule has 0 amide bonds. The predicted molar refractivity (Wildman–Crippen MR) is 98.7 cm³/mol. The number of halogens is 1. The highest BCUT2D eigenvalue weighted by atomic mass is 79.9. The number of nitrogens with zero attached hydrogens (tertiary/aromatic N) is 2. The Morgan fingerprint density at radius 1 is 1.09 bits per heavy atom. The van der Waals surface area contributed by atoms with Gasteiger partial charge in [0.15, 0.2) is 0 Å². The smallest absolute Gasteiger partial charge is 0.203 e. The number of hydrogen-bond acceptors (Lipinski definition) is 2. The van der Waals surface area contributed by atoms with Gasteiger partial charge in [-0.1, -0.05) is 12.1 Å². The summed E-state index contributed by atoms with van der Waals surface area (Å²) in [6.07, 6.45) is 2.42. The van der Waals surface area contributed by atoms with Crippen LogP contribution in [-0.4, -0.2) is 31.1 Å². The van der Waals surface area contributed by atoms with E-state index in [1.165, 1.54) is 12.8 Å². The molecule has 1 aliphatic rings. The molecule has 1 N–H and O–H groups in total. The van der Waals surface area contributed by atoms with Crippen molar-refractivity contribution in [2.75, 3.05) is 25.5 Å². The molecular weight excluding hydrogens is 354 g/mol. The lowest BCUT2D eigenvalue weighted by Gasteiger charge is -2.21. The molecule has 1 saturated heterocycles. The van der Waals surface area contributed by atoms with E-state index >= 15 is 0 Å². The van der Waals surface area contributed by atoms with Gasteiger partial charge < -0.3 is 15.0 Å². The van der Waals surface area contributed by atoms with Crippen LogP contribution >= 0.6 is 15.9 Å². The van der Waals surface area contributed by atoms with Crippen molar-refractivity contribution < 1.29 is 4.74 Å². The van der Waals surface area contributed by atoms with Crippen LogP contribution in [0.25, 0.3) is 0 Å². The maximum absolute atomic E-state index is 5.21. The van der Waals surface area contributed by atoms with Crippen LogP contribution in [0.5, 0.6) is 5.75 Å². The van der Waals surface area contributed by atoms with Crippen molar-refractivity contribution in [2.24, 2.45) is 4.99 Å². The zero-order valence-electron chi connectivity index (χ0n) is 13.1. The maximum Gasteiger partial charge on any atom is 0.203 e. The van der Waals surface area contributed by atoms with E-state index in [4.69, 9.17) is 9.73 Å². The third kappa shape index (κ3) is 4.05. The number of aliphatic imine (C=N–C) groups is 1. The summed E-state index contributed by atoms with van der Waals surface area (Å²) in [6, 6.07) is 15.9. The van der Waals surface area contributed by atoms with Crippen LogP contribution < -0.4 is 10.1 Å². The zero-order valence-corrected chi connectivity index (χ0v) is 14.7. The third-order valence-corrected chi connectivity index (χ3v) is 4.50. The Morgan fingerprint density at radius 2 is 1.78 bits per heavy atom. The molecule has 0 aliphatic carbocycles. The van der Waals surface area contributed by atoms with Gasteiger partial charge in [-0.15, -0.1) is 0 Å². The number of likely N-dealkylation sites (tertiary alicyclic amines) is 1. The summed E-state index contributed by atoms with van der Waals surface area (Å²) in [5.41, 5.74) is 1.93. The van der Waals surface area contributed by atoms with Crippen molar-refractivity contribution in [3.05, 3.63) is 53.0 Å². The Bertz CT molecular complexity index is 679. The number of benzene rings is 2. The second kappa shape index (κ2) is 7.51. The van der Waals surface area contributed by atoms with E-state index in [1.54, 1.807) is 7.11 Å². The Morgan fingerprint density at radius 3 is 2.43 bits per heavy atom. The lowest BCUT2D eigenvalue weighted by molar-refractivity contribution is 0.415. The van der Waals surface area contributed by atoms with Gasteiger partial charge in [-0.3, -0.25) is 0 Å². The molecule has 0 spiro atoms. The summed E-state index contributed by atoms with van der Waals surface area (Å²) in [4.78, 5) is 7.13. The molecule has 0 bridgehead atoms. The highest BCUT2D eigenvalue weighted by Gasteiger charge is 2.17. The summed E-state index contributed by atoms with van der Waals surface area (Å²) >= 11 is 3.57. The van der Waals surface area contributed by atoms with Gasteiger partial charge in [0.2, 0.25) is 5.96 Å². The largest absolute Gasteiger partial charge is 0.497 e. The van der Waals surface area contributed by atoms with Gasteiger partial charge in [0.25, 0.3) is 0 Å². The van der Waals surface area contributed by atoms with E-state index in [0.717, 1.165) is 40.6 Å². The molecule has 0 aromatic heterocycles. The lowest BCUT2D eigenvalue weighted by Crippen LogP contribution is -2.33. The Labute approximate surface area is 145 Å². The first-order chi connectivity index (χ1) is 11.3. The van der Waals surface area contributed by atoms with Crippen molar-refractivity contribution in [1.29, 1.82) is 0 Å². The van der Waals surface area contributed by atoms with E-state index in [9.17, 15) is 0 Å². The Hall–Kier alpha value is -2.01. The number of hydrogen-bond donors (Lipinski definition) is 1. The minimum atomic E-state index is 0.848. The number of guanidine groups is 1. The zero-order chi connectivity index (χ0) is 16.1. The fraction of sp³-hybridized carbons (Fsp3) is 0.278. The molecule has 0 unspecified atom stereocenters. The minimum Gasteiger partial charge on any atom is -0.497 e. The molecule has 0 atom stereocenters. The molecule has 0 radical (unpaired) electrons. The molecule has 120 valence electrons. The van der Waals surface area contributed by atoms with Crippen LogP contribution in [0, 0.1) is 0 Å². The maximum atomic E-state index is 5.21. The summed E-state index contributed by atoms with van der Waals surface area (Å²) in [5.74, 6) is 1.74. The average Bonchev–Trinajstić information content (AvgIpc) is 3.11. The van der Waals surface area contributed by atoms with Crippen molar-refractivity contribution in [1.82, 2.24) is 4.90 Å². The van der Waals surface area contributed by atoms with Gasteiger partial charge in [0.05, 0.1) is 12.8 Å². The molecule has 5 heteroatoms. The molecule has 2 aromatic carbocycles. The number of rotatable bonds is 3. The normalized spacial score (nSPS) is 14.9. The number of methoxy groups -OCH3 is 1. The van der Waals surface area contributed by atoms with Gasteiger partial charge in [-0.25, -0.2) is 4.99 Å². The predicted octanol–water partition coefficient (Wildman–Crippen LogP) is 4.65. The lowest BCUT2D eigenvalue weighted by atomic mass is 10.3. The van der Waals surface area contributed by atoms with Crippen molar-refractivity contribution >= 4 is 33.3 Å². The van der Waals surface area contributed by atoms with E-state index in [0.29, 0.717) is 0 Å². The third-order valence-electron chi connectivity index (χ3n) is 3.83. The van der Waals surface area contributed by atoms with Crippen LogP contribution in [0.1, 0.15) is 12.8 Å². The second-order valence-electron chi connectivity index (χ2n) is 5.43. The number of ether oxygens (including phenoxy) is 1. The summed E-state index contributed by atoms with van der Waals surface area (Å²) < 4.78 is 6.20. The van der Waals surface area contributed by atoms with Gasteiger partial charge in [-0.2, -0.15) is 0 Å². The number of para-hydroxylation sites is 1. The van der Waals surface area contributed by atoms with E-state index < -0.39 is 0 Å². The fourth-order valence-electron chi connectivity index (χ4n) is 2.57. The molecule has 2 aromatic rings. The highest BCUT2D eigenvalue weighted by Crippen LogP contribution is 2.26. The van der Waals surface area contributed by atoms with E-state index in [2.05, 4.69) is 26.1 Å². The van der Waals surface area contributed by atoms with Crippen molar-refractivity contribution in [2.45, 2.75) is 12.8 Å². The fourth-order valence-corrected chi connectivity index (χ4v) is 2.94. The summed E-state index contributed by atoms with van der Waals surface area (Å²) in [6.45, 7) is 2.07. The topological polar surface area (TPSA) is 36.9 Å². The van der Waals surface area contributed by atoms with Crippen LogP contribution in [0.2, 0.25) is 0 Å². The summed E-state index contributed by atoms with van der Waals surface area (Å²) in [7, 11) is 1.67.